The SMILES string of the molecule is CC(C)C1=C(c2cc(F)c3ccoc3c2)N2CCN=C2S1. The largest absolute Gasteiger partial charge is 0.464 e. The molecule has 0 radical (unpaired) electrons. The number of halogens is 1. The van der Waals surface area contributed by atoms with E-state index in [9.17, 15) is 4.39 Å². The zero-order valence-corrected chi connectivity index (χ0v) is 12.7. The molecule has 0 atom stereocenters. The number of nitrogens with zero attached hydrogens (tertiary/aromatic N) is 2. The minimum atomic E-state index is -0.235. The van der Waals surface area contributed by atoms with Crippen molar-refractivity contribution >= 4 is 33.6 Å². The van der Waals surface area contributed by atoms with Crippen LogP contribution in [-0.4, -0.2) is 23.2 Å². The van der Waals surface area contributed by atoms with Gasteiger partial charge in [0, 0.05) is 17.0 Å². The second-order valence-corrected chi connectivity index (χ2v) is 6.59. The van der Waals surface area contributed by atoms with Crippen molar-refractivity contribution in [1.82, 2.24) is 4.90 Å². The Morgan fingerprint density at radius 3 is 3.05 bits per heavy atom. The van der Waals surface area contributed by atoms with Crippen molar-refractivity contribution in [3.05, 3.63) is 40.7 Å². The van der Waals surface area contributed by atoms with E-state index in [0.717, 1.165) is 29.5 Å². The Balaban J connectivity index is 1.92. The highest BCUT2D eigenvalue weighted by Crippen LogP contribution is 2.45. The molecular formula is C16H15FN2OS. The van der Waals surface area contributed by atoms with Crippen LogP contribution in [-0.2, 0) is 0 Å². The number of rotatable bonds is 2. The summed E-state index contributed by atoms with van der Waals surface area (Å²) >= 11 is 1.71. The first kappa shape index (κ1) is 13.0. The first-order valence-electron chi connectivity index (χ1n) is 7.06. The summed E-state index contributed by atoms with van der Waals surface area (Å²) in [5, 5.41) is 1.57. The molecule has 3 nitrogen and oxygen atoms in total. The molecule has 0 unspecified atom stereocenters. The van der Waals surface area contributed by atoms with Crippen molar-refractivity contribution in [1.29, 1.82) is 0 Å². The second-order valence-electron chi connectivity index (χ2n) is 5.58. The molecule has 0 spiro atoms. The molecule has 4 rings (SSSR count). The Kier molecular flexibility index (Phi) is 2.85. The molecule has 0 saturated heterocycles. The molecule has 21 heavy (non-hydrogen) atoms. The molecule has 0 N–H and O–H groups in total. The van der Waals surface area contributed by atoms with Crippen LogP contribution in [0.25, 0.3) is 16.7 Å². The van der Waals surface area contributed by atoms with Crippen molar-refractivity contribution in [3.63, 3.8) is 0 Å². The summed E-state index contributed by atoms with van der Waals surface area (Å²) in [6, 6.07) is 5.20. The van der Waals surface area contributed by atoms with Crippen molar-refractivity contribution < 1.29 is 8.81 Å². The summed E-state index contributed by atoms with van der Waals surface area (Å²) in [5.41, 5.74) is 2.55. The Morgan fingerprint density at radius 1 is 1.38 bits per heavy atom. The van der Waals surface area contributed by atoms with Crippen LogP contribution >= 0.6 is 11.8 Å². The van der Waals surface area contributed by atoms with Gasteiger partial charge >= 0.3 is 0 Å². The molecule has 0 bridgehead atoms. The summed E-state index contributed by atoms with van der Waals surface area (Å²) in [5.74, 6) is 0.148. The first-order chi connectivity index (χ1) is 10.1. The smallest absolute Gasteiger partial charge is 0.168 e. The van der Waals surface area contributed by atoms with Gasteiger partial charge in [0.15, 0.2) is 5.17 Å². The van der Waals surface area contributed by atoms with Crippen LogP contribution in [0.5, 0.6) is 0 Å². The molecule has 0 fully saturated rings. The van der Waals surface area contributed by atoms with Crippen LogP contribution < -0.4 is 0 Å². The summed E-state index contributed by atoms with van der Waals surface area (Å²) in [6.45, 7) is 5.99. The van der Waals surface area contributed by atoms with Crippen LogP contribution in [0.1, 0.15) is 19.4 Å². The fourth-order valence-corrected chi connectivity index (χ4v) is 4.06. The number of hydrogen-bond acceptors (Lipinski definition) is 4. The molecule has 1 aromatic heterocycles. The third kappa shape index (κ3) is 1.91. The van der Waals surface area contributed by atoms with Crippen LogP contribution in [0, 0.1) is 11.7 Å². The minimum Gasteiger partial charge on any atom is -0.464 e. The lowest BCUT2D eigenvalue weighted by Crippen LogP contribution is -2.20. The van der Waals surface area contributed by atoms with Crippen LogP contribution in [0.2, 0.25) is 0 Å². The molecule has 5 heteroatoms. The van der Waals surface area contributed by atoms with E-state index in [0.29, 0.717) is 16.9 Å². The predicted octanol–water partition coefficient (Wildman–Crippen LogP) is 4.31. The van der Waals surface area contributed by atoms with E-state index < -0.39 is 0 Å². The minimum absolute atomic E-state index is 0.235. The molecule has 0 amide bonds. The second kappa shape index (κ2) is 4.63. The summed E-state index contributed by atoms with van der Waals surface area (Å²) in [7, 11) is 0. The summed E-state index contributed by atoms with van der Waals surface area (Å²) in [4.78, 5) is 7.97. The highest BCUT2D eigenvalue weighted by Gasteiger charge is 2.34. The van der Waals surface area contributed by atoms with Gasteiger partial charge in [0.05, 0.1) is 23.9 Å². The normalized spacial score (nSPS) is 18.1. The number of furan rings is 1. The van der Waals surface area contributed by atoms with Gasteiger partial charge in [-0.05, 0) is 24.1 Å². The maximum absolute atomic E-state index is 14.3. The highest BCUT2D eigenvalue weighted by atomic mass is 32.2. The molecule has 0 saturated carbocycles. The van der Waals surface area contributed by atoms with Crippen molar-refractivity contribution in [2.75, 3.05) is 13.1 Å². The highest BCUT2D eigenvalue weighted by molar-refractivity contribution is 8.17. The Labute approximate surface area is 126 Å². The van der Waals surface area contributed by atoms with E-state index >= 15 is 0 Å². The van der Waals surface area contributed by atoms with E-state index in [4.69, 9.17) is 4.42 Å². The molecule has 0 aliphatic carbocycles. The number of amidine groups is 1. The van der Waals surface area contributed by atoms with Crippen molar-refractivity contribution in [2.45, 2.75) is 13.8 Å². The average Bonchev–Trinajstić information content (AvgIpc) is 3.12. The zero-order valence-electron chi connectivity index (χ0n) is 11.9. The van der Waals surface area contributed by atoms with Crippen molar-refractivity contribution in [3.8, 4) is 0 Å². The number of allylic oxidation sites excluding steroid dienone is 1. The quantitative estimate of drug-likeness (QED) is 0.827. The van der Waals surface area contributed by atoms with Crippen LogP contribution in [0.4, 0.5) is 4.39 Å². The maximum atomic E-state index is 14.3. The van der Waals surface area contributed by atoms with E-state index in [2.05, 4.69) is 23.7 Å². The van der Waals surface area contributed by atoms with Gasteiger partial charge in [-0.25, -0.2) is 4.39 Å². The van der Waals surface area contributed by atoms with Gasteiger partial charge in [-0.3, -0.25) is 4.99 Å². The predicted molar refractivity (Wildman–Crippen MR) is 84.5 cm³/mol. The monoisotopic (exact) mass is 302 g/mol. The summed E-state index contributed by atoms with van der Waals surface area (Å²) < 4.78 is 19.7. The molecule has 108 valence electrons. The number of fused-ring (bicyclic) bond motifs is 2. The molecule has 2 aliphatic rings. The van der Waals surface area contributed by atoms with Crippen molar-refractivity contribution in [2.24, 2.45) is 10.9 Å². The van der Waals surface area contributed by atoms with E-state index in [1.807, 2.05) is 6.07 Å². The first-order valence-corrected chi connectivity index (χ1v) is 7.88. The van der Waals surface area contributed by atoms with E-state index in [-0.39, 0.29) is 5.82 Å². The standard InChI is InChI=1S/C16H15FN2OS/c1-9(2)15-14(19-5-4-18-16(19)21-15)10-7-12(17)11-3-6-20-13(11)8-10/h3,6-9H,4-5H2,1-2H3. The third-order valence-electron chi connectivity index (χ3n) is 3.83. The number of benzene rings is 1. The lowest BCUT2D eigenvalue weighted by molar-refractivity contribution is 0.607. The Morgan fingerprint density at radius 2 is 2.24 bits per heavy atom. The van der Waals surface area contributed by atoms with Gasteiger partial charge in [0.25, 0.3) is 0 Å². The fourth-order valence-electron chi connectivity index (χ4n) is 2.85. The van der Waals surface area contributed by atoms with Crippen LogP contribution in [0.15, 0.2) is 38.8 Å². The molecule has 2 aliphatic heterocycles. The lowest BCUT2D eigenvalue weighted by Gasteiger charge is -2.18. The van der Waals surface area contributed by atoms with Gasteiger partial charge in [0.1, 0.15) is 11.4 Å². The van der Waals surface area contributed by atoms with Gasteiger partial charge in [-0.15, -0.1) is 0 Å². The van der Waals surface area contributed by atoms with Gasteiger partial charge < -0.3 is 9.32 Å². The van der Waals surface area contributed by atoms with E-state index in [1.54, 1.807) is 23.9 Å². The van der Waals surface area contributed by atoms with Crippen LogP contribution in [0.3, 0.4) is 0 Å². The van der Waals surface area contributed by atoms with E-state index in [1.165, 1.54) is 11.2 Å². The number of thioether (sulfide) groups is 1. The molecule has 2 aromatic rings. The molecule has 3 heterocycles. The maximum Gasteiger partial charge on any atom is 0.168 e. The Bertz CT molecular complexity index is 791. The Hall–Kier alpha value is -1.75. The molecule has 1 aromatic carbocycles. The summed E-state index contributed by atoms with van der Waals surface area (Å²) in [6.07, 6.45) is 1.53. The lowest BCUT2D eigenvalue weighted by atomic mass is 10.0. The van der Waals surface area contributed by atoms with Gasteiger partial charge in [-0.1, -0.05) is 25.6 Å². The third-order valence-corrected chi connectivity index (χ3v) is 5.24. The topological polar surface area (TPSA) is 28.7 Å². The average molecular weight is 302 g/mol. The molecular weight excluding hydrogens is 287 g/mol. The fraction of sp³-hybridized carbons (Fsp3) is 0.312. The number of aliphatic imine (C=N–C) groups is 1. The zero-order chi connectivity index (χ0) is 14.6. The van der Waals surface area contributed by atoms with Gasteiger partial charge in [-0.2, -0.15) is 0 Å². The number of hydrogen-bond donors (Lipinski definition) is 0. The van der Waals surface area contributed by atoms with Gasteiger partial charge in [0.2, 0.25) is 0 Å².